The molecule has 2 aliphatic heterocycles. The first kappa shape index (κ1) is 27.9. The first-order chi connectivity index (χ1) is 18.0. The molecule has 1 aliphatic carbocycles. The standard InChI is InChI=1S/C28H39N3O7/c1-7-37-27-19(14-21(32)38-27)29-25(34)22-16-11-12-17(13-16)31(22)26(35)23(28(3,4)5)30-24(33)18-9-8-10-20(36-6)15(18)2/h8-10,16-17,19,22-23,27H,7,11-14H2,1-6H3,(H,29,34)(H,30,33). The molecule has 0 radical (unpaired) electrons. The lowest BCUT2D eigenvalue weighted by Gasteiger charge is -2.40. The molecule has 10 nitrogen and oxygen atoms in total. The van der Waals surface area contributed by atoms with Gasteiger partial charge < -0.3 is 29.7 Å². The molecule has 1 aromatic carbocycles. The van der Waals surface area contributed by atoms with Crippen molar-refractivity contribution in [2.45, 2.75) is 90.8 Å². The van der Waals surface area contributed by atoms with Gasteiger partial charge in [0.25, 0.3) is 5.91 Å². The summed E-state index contributed by atoms with van der Waals surface area (Å²) in [4.78, 5) is 54.6. The third kappa shape index (κ3) is 5.36. The van der Waals surface area contributed by atoms with Crippen molar-refractivity contribution in [3.63, 3.8) is 0 Å². The normalized spacial score (nSPS) is 27.2. The Hall–Kier alpha value is -3.14. The van der Waals surface area contributed by atoms with Gasteiger partial charge in [0.1, 0.15) is 23.9 Å². The van der Waals surface area contributed by atoms with Gasteiger partial charge >= 0.3 is 5.97 Å². The van der Waals surface area contributed by atoms with Crippen LogP contribution in [0.15, 0.2) is 18.2 Å². The summed E-state index contributed by atoms with van der Waals surface area (Å²) in [7, 11) is 1.54. The summed E-state index contributed by atoms with van der Waals surface area (Å²) in [6.07, 6.45) is 1.57. The fourth-order valence-corrected chi connectivity index (χ4v) is 5.97. The highest BCUT2D eigenvalue weighted by Crippen LogP contribution is 2.44. The summed E-state index contributed by atoms with van der Waals surface area (Å²) >= 11 is 0. The number of fused-ring (bicyclic) bond motifs is 2. The second-order valence-electron chi connectivity index (χ2n) is 11.5. The number of ether oxygens (including phenoxy) is 3. The summed E-state index contributed by atoms with van der Waals surface area (Å²) in [5.41, 5.74) is 0.493. The first-order valence-electron chi connectivity index (χ1n) is 13.3. The number of hydrogen-bond acceptors (Lipinski definition) is 7. The van der Waals surface area contributed by atoms with Gasteiger partial charge in [-0.25, -0.2) is 0 Å². The molecule has 208 valence electrons. The van der Waals surface area contributed by atoms with Gasteiger partial charge in [-0.05, 0) is 56.6 Å². The van der Waals surface area contributed by atoms with Crippen molar-refractivity contribution in [2.24, 2.45) is 11.3 Å². The van der Waals surface area contributed by atoms with Crippen molar-refractivity contribution in [3.05, 3.63) is 29.3 Å². The molecule has 0 spiro atoms. The van der Waals surface area contributed by atoms with E-state index >= 15 is 0 Å². The van der Waals surface area contributed by atoms with Crippen LogP contribution in [0.2, 0.25) is 0 Å². The molecule has 0 aromatic heterocycles. The molecule has 3 amide bonds. The molecule has 4 rings (SSSR count). The SMILES string of the molecule is CCOC1OC(=O)CC1NC(=O)C1C2CCC(C2)N1C(=O)C(NC(=O)c1cccc(OC)c1C)C(C)(C)C. The number of likely N-dealkylation sites (tertiary alicyclic amines) is 1. The number of hydrogen-bond donors (Lipinski definition) is 2. The zero-order chi connectivity index (χ0) is 27.8. The molecule has 1 saturated carbocycles. The van der Waals surface area contributed by atoms with Crippen LogP contribution >= 0.6 is 0 Å². The molecule has 38 heavy (non-hydrogen) atoms. The summed E-state index contributed by atoms with van der Waals surface area (Å²) in [5.74, 6) is -0.798. The van der Waals surface area contributed by atoms with Crippen molar-refractivity contribution >= 4 is 23.7 Å². The average molecular weight is 530 g/mol. The van der Waals surface area contributed by atoms with Crippen molar-refractivity contribution in [1.82, 2.24) is 15.5 Å². The second kappa shape index (κ2) is 10.9. The third-order valence-electron chi connectivity index (χ3n) is 7.87. The molecule has 10 heteroatoms. The Morgan fingerprint density at radius 1 is 1.21 bits per heavy atom. The number of methoxy groups -OCH3 is 1. The number of nitrogens with zero attached hydrogens (tertiary/aromatic N) is 1. The van der Waals surface area contributed by atoms with Crippen LogP contribution < -0.4 is 15.4 Å². The van der Waals surface area contributed by atoms with Crippen LogP contribution in [-0.4, -0.2) is 72.8 Å². The molecule has 2 heterocycles. The van der Waals surface area contributed by atoms with Gasteiger partial charge in [0.2, 0.25) is 18.1 Å². The highest BCUT2D eigenvalue weighted by molar-refractivity contribution is 6.00. The lowest BCUT2D eigenvalue weighted by Crippen LogP contribution is -2.62. The minimum atomic E-state index is -0.859. The van der Waals surface area contributed by atoms with Gasteiger partial charge in [-0.3, -0.25) is 19.2 Å². The fourth-order valence-electron chi connectivity index (χ4n) is 5.97. The Balaban J connectivity index is 1.56. The van der Waals surface area contributed by atoms with Crippen LogP contribution in [0.1, 0.15) is 69.3 Å². The molecular weight excluding hydrogens is 490 g/mol. The third-order valence-corrected chi connectivity index (χ3v) is 7.87. The molecule has 6 unspecified atom stereocenters. The monoisotopic (exact) mass is 529 g/mol. The summed E-state index contributed by atoms with van der Waals surface area (Å²) < 4.78 is 16.0. The van der Waals surface area contributed by atoms with Crippen LogP contribution in [0.4, 0.5) is 0 Å². The second-order valence-corrected chi connectivity index (χ2v) is 11.5. The molecule has 1 aromatic rings. The van der Waals surface area contributed by atoms with E-state index in [2.05, 4.69) is 10.6 Å². The van der Waals surface area contributed by atoms with E-state index in [0.717, 1.165) is 19.3 Å². The zero-order valence-corrected chi connectivity index (χ0v) is 23.0. The minimum Gasteiger partial charge on any atom is -0.496 e. The van der Waals surface area contributed by atoms with Gasteiger partial charge in [0.05, 0.1) is 13.5 Å². The van der Waals surface area contributed by atoms with Crippen molar-refractivity contribution in [1.29, 1.82) is 0 Å². The van der Waals surface area contributed by atoms with E-state index in [0.29, 0.717) is 23.5 Å². The number of cyclic esters (lactones) is 1. The van der Waals surface area contributed by atoms with Crippen LogP contribution in [0, 0.1) is 18.3 Å². The van der Waals surface area contributed by atoms with Gasteiger partial charge in [-0.2, -0.15) is 0 Å². The summed E-state index contributed by atoms with van der Waals surface area (Å²) in [6, 6.07) is 2.99. The lowest BCUT2D eigenvalue weighted by molar-refractivity contribution is -0.165. The highest BCUT2D eigenvalue weighted by Gasteiger charge is 2.54. The summed E-state index contributed by atoms with van der Waals surface area (Å²) in [5, 5.41) is 5.88. The van der Waals surface area contributed by atoms with Gasteiger partial charge in [0, 0.05) is 23.8 Å². The van der Waals surface area contributed by atoms with E-state index in [9.17, 15) is 19.2 Å². The van der Waals surface area contributed by atoms with Crippen molar-refractivity contribution in [3.8, 4) is 5.75 Å². The van der Waals surface area contributed by atoms with E-state index in [1.54, 1.807) is 44.1 Å². The molecule has 6 atom stereocenters. The van der Waals surface area contributed by atoms with E-state index in [4.69, 9.17) is 14.2 Å². The maximum absolute atomic E-state index is 14.1. The van der Waals surface area contributed by atoms with E-state index in [1.807, 2.05) is 20.8 Å². The number of rotatable bonds is 8. The number of nitrogens with one attached hydrogen (secondary N) is 2. The molecule has 2 saturated heterocycles. The Morgan fingerprint density at radius 3 is 2.61 bits per heavy atom. The molecule has 2 N–H and O–H groups in total. The topological polar surface area (TPSA) is 123 Å². The number of piperidine rings is 1. The van der Waals surface area contributed by atoms with Crippen molar-refractivity contribution in [2.75, 3.05) is 13.7 Å². The largest absolute Gasteiger partial charge is 0.496 e. The van der Waals surface area contributed by atoms with Crippen LogP contribution in [-0.2, 0) is 23.9 Å². The molecule has 2 bridgehead atoms. The Bertz CT molecular complexity index is 1100. The maximum Gasteiger partial charge on any atom is 0.310 e. The minimum absolute atomic E-state index is 0.0180. The lowest BCUT2D eigenvalue weighted by atomic mass is 9.84. The van der Waals surface area contributed by atoms with Gasteiger partial charge in [0.15, 0.2) is 0 Å². The Kier molecular flexibility index (Phi) is 8.01. The van der Waals surface area contributed by atoms with Crippen LogP contribution in [0.3, 0.4) is 0 Å². The summed E-state index contributed by atoms with van der Waals surface area (Å²) in [6.45, 7) is 9.61. The Labute approximate surface area is 223 Å². The van der Waals surface area contributed by atoms with E-state index in [-0.39, 0.29) is 36.1 Å². The van der Waals surface area contributed by atoms with Gasteiger partial charge in [-0.1, -0.05) is 26.8 Å². The van der Waals surface area contributed by atoms with Crippen LogP contribution in [0.5, 0.6) is 5.75 Å². The van der Waals surface area contributed by atoms with Gasteiger partial charge in [-0.15, -0.1) is 0 Å². The quantitative estimate of drug-likeness (QED) is 0.496. The zero-order valence-electron chi connectivity index (χ0n) is 23.0. The van der Waals surface area contributed by atoms with Crippen LogP contribution in [0.25, 0.3) is 0 Å². The number of benzene rings is 1. The highest BCUT2D eigenvalue weighted by atomic mass is 16.7. The number of carbonyl (C=O) groups is 4. The smallest absolute Gasteiger partial charge is 0.310 e. The van der Waals surface area contributed by atoms with Crippen molar-refractivity contribution < 1.29 is 33.4 Å². The Morgan fingerprint density at radius 2 is 1.95 bits per heavy atom. The molecule has 3 fully saturated rings. The average Bonchev–Trinajstić information content (AvgIpc) is 3.56. The van der Waals surface area contributed by atoms with E-state index < -0.39 is 35.8 Å². The predicted molar refractivity (Wildman–Crippen MR) is 138 cm³/mol. The number of esters is 1. The van der Waals surface area contributed by atoms with E-state index in [1.165, 1.54) is 0 Å². The molecular formula is C28H39N3O7. The number of amides is 3. The first-order valence-corrected chi connectivity index (χ1v) is 13.3. The molecule has 3 aliphatic rings. The fraction of sp³-hybridized carbons (Fsp3) is 0.643. The maximum atomic E-state index is 14.1. The predicted octanol–water partition coefficient (Wildman–Crippen LogP) is 2.32. The number of carbonyl (C=O) groups excluding carboxylic acids is 4.